The Morgan fingerprint density at radius 2 is 1.57 bits per heavy atom. The molecule has 4 aromatic rings. The number of carboxylic acids is 1. The Morgan fingerprint density at radius 1 is 0.975 bits per heavy atom. The highest BCUT2D eigenvalue weighted by Gasteiger charge is 2.55. The second kappa shape index (κ2) is 9.97. The van der Waals surface area contributed by atoms with Crippen LogP contribution in [0.1, 0.15) is 21.5 Å². The molecule has 40 heavy (non-hydrogen) atoms. The van der Waals surface area contributed by atoms with E-state index in [-0.39, 0.29) is 33.1 Å². The van der Waals surface area contributed by atoms with E-state index in [0.29, 0.717) is 9.82 Å². The van der Waals surface area contributed by atoms with Gasteiger partial charge < -0.3 is 20.3 Å². The van der Waals surface area contributed by atoms with E-state index in [4.69, 9.17) is 15.0 Å². The number of carbonyl (C=O) groups is 3. The smallest absolute Gasteiger partial charge is 0.475 e. The molecule has 1 aliphatic rings. The van der Waals surface area contributed by atoms with Gasteiger partial charge in [-0.15, -0.1) is 0 Å². The highest BCUT2D eigenvalue weighted by Crippen LogP contribution is 2.45. The summed E-state index contributed by atoms with van der Waals surface area (Å²) in [6, 6.07) is 17.8. The van der Waals surface area contributed by atoms with E-state index in [0.717, 1.165) is 0 Å². The number of sulfonamides is 1. The Hall–Kier alpha value is -4.96. The van der Waals surface area contributed by atoms with Gasteiger partial charge in [0, 0.05) is 16.7 Å². The SMILES string of the molecule is O=C(O)C(F)(F)F.O=C(O)Nc1nc2cc(C3(O)c4ccccc4C(=O)N3S(=O)(=O)c3ccccc3)ccc2[nH]1. The fourth-order valence-corrected chi connectivity index (χ4v) is 5.56. The number of aromatic nitrogens is 2. The molecule has 0 radical (unpaired) electrons. The number of nitrogens with zero attached hydrogens (tertiary/aromatic N) is 2. The fourth-order valence-electron chi connectivity index (χ4n) is 3.98. The van der Waals surface area contributed by atoms with E-state index in [2.05, 4.69) is 15.3 Å². The lowest BCUT2D eigenvalue weighted by molar-refractivity contribution is -0.192. The van der Waals surface area contributed by atoms with Crippen molar-refractivity contribution in [3.8, 4) is 0 Å². The number of hydrogen-bond acceptors (Lipinski definition) is 7. The Morgan fingerprint density at radius 3 is 2.17 bits per heavy atom. The molecule has 2 amide bonds. The van der Waals surface area contributed by atoms with Gasteiger partial charge in [-0.25, -0.2) is 23.0 Å². The maximum absolute atomic E-state index is 13.5. The van der Waals surface area contributed by atoms with Gasteiger partial charge in [-0.1, -0.05) is 42.5 Å². The third-order valence-electron chi connectivity index (χ3n) is 5.65. The molecule has 5 N–H and O–H groups in total. The van der Waals surface area contributed by atoms with Crippen LogP contribution in [-0.4, -0.2) is 62.2 Å². The molecule has 3 aromatic carbocycles. The van der Waals surface area contributed by atoms with Crippen molar-refractivity contribution in [2.75, 3.05) is 5.32 Å². The lowest BCUT2D eigenvalue weighted by atomic mass is 9.94. The Labute approximate surface area is 222 Å². The first kappa shape index (κ1) is 28.1. The molecule has 0 saturated heterocycles. The van der Waals surface area contributed by atoms with E-state index in [1.54, 1.807) is 18.2 Å². The van der Waals surface area contributed by atoms with Crippen LogP contribution in [0.5, 0.6) is 0 Å². The number of nitrogens with one attached hydrogen (secondary N) is 2. The van der Waals surface area contributed by atoms with Crippen molar-refractivity contribution in [3.05, 3.63) is 89.5 Å². The summed E-state index contributed by atoms with van der Waals surface area (Å²) in [6.45, 7) is 0. The zero-order valence-electron chi connectivity index (χ0n) is 19.7. The van der Waals surface area contributed by atoms with Crippen LogP contribution in [0.2, 0.25) is 0 Å². The number of anilines is 1. The quantitative estimate of drug-likeness (QED) is 0.242. The lowest BCUT2D eigenvalue weighted by Crippen LogP contribution is -2.48. The molecule has 12 nitrogen and oxygen atoms in total. The number of halogens is 3. The van der Waals surface area contributed by atoms with Gasteiger partial charge >= 0.3 is 18.2 Å². The zero-order valence-corrected chi connectivity index (χ0v) is 20.6. The number of rotatable bonds is 4. The van der Waals surface area contributed by atoms with Gasteiger partial charge in [0.2, 0.25) is 11.7 Å². The maximum Gasteiger partial charge on any atom is 0.490 e. The minimum Gasteiger partial charge on any atom is -0.475 e. The van der Waals surface area contributed by atoms with Crippen LogP contribution in [0.15, 0.2) is 77.7 Å². The van der Waals surface area contributed by atoms with Crippen molar-refractivity contribution in [1.82, 2.24) is 14.3 Å². The van der Waals surface area contributed by atoms with E-state index >= 15 is 0 Å². The van der Waals surface area contributed by atoms with Crippen molar-refractivity contribution in [1.29, 1.82) is 0 Å². The molecule has 0 spiro atoms. The van der Waals surface area contributed by atoms with E-state index in [1.807, 2.05) is 0 Å². The fraction of sp³-hybridized carbons (Fsp3) is 0.0833. The van der Waals surface area contributed by atoms with Crippen LogP contribution in [0.25, 0.3) is 11.0 Å². The molecule has 2 heterocycles. The van der Waals surface area contributed by atoms with Crippen molar-refractivity contribution in [2.24, 2.45) is 0 Å². The number of aliphatic hydroxyl groups is 1. The first-order valence-electron chi connectivity index (χ1n) is 10.9. The second-order valence-electron chi connectivity index (χ2n) is 8.16. The molecule has 1 aromatic heterocycles. The van der Waals surface area contributed by atoms with Crippen molar-refractivity contribution in [3.63, 3.8) is 0 Å². The summed E-state index contributed by atoms with van der Waals surface area (Å²) in [5.41, 5.74) is -1.42. The zero-order chi connectivity index (χ0) is 29.5. The highest BCUT2D eigenvalue weighted by atomic mass is 32.2. The summed E-state index contributed by atoms with van der Waals surface area (Å²) in [5.74, 6) is -3.67. The van der Waals surface area contributed by atoms with Crippen LogP contribution < -0.4 is 5.32 Å². The number of aliphatic carboxylic acids is 1. The number of carboxylic acid groups (broad SMARTS) is 2. The molecule has 16 heteroatoms. The summed E-state index contributed by atoms with van der Waals surface area (Å²) in [7, 11) is -4.46. The normalized spacial score (nSPS) is 16.7. The third-order valence-corrected chi connectivity index (χ3v) is 7.42. The standard InChI is InChI=1S/C22H16N4O6S.C2HF3O2/c27-19-15-8-4-5-9-16(15)22(30,26(19)33(31,32)14-6-2-1-3-7-14)13-10-11-17-18(12-13)24-20(23-17)25-21(28)29;3-2(4,5)1(6)7/h1-12,30H,(H,28,29)(H2,23,24,25);(H,6,7). The number of aromatic amines is 1. The largest absolute Gasteiger partial charge is 0.490 e. The van der Waals surface area contributed by atoms with Crippen molar-refractivity contribution in [2.45, 2.75) is 16.8 Å². The van der Waals surface area contributed by atoms with E-state index in [9.17, 15) is 36.3 Å². The van der Waals surface area contributed by atoms with Crippen LogP contribution >= 0.6 is 0 Å². The molecule has 1 unspecified atom stereocenters. The van der Waals surface area contributed by atoms with Crippen LogP contribution in [0, 0.1) is 0 Å². The number of imidazole rings is 1. The number of benzene rings is 3. The van der Waals surface area contributed by atoms with Gasteiger partial charge in [0.1, 0.15) is 0 Å². The number of hydrogen-bond donors (Lipinski definition) is 5. The number of carbonyl (C=O) groups excluding carboxylic acids is 1. The van der Waals surface area contributed by atoms with Gasteiger partial charge in [-0.3, -0.25) is 10.1 Å². The molecule has 0 saturated carbocycles. The van der Waals surface area contributed by atoms with Crippen molar-refractivity contribution >= 4 is 45.0 Å². The minimum atomic E-state index is -5.08. The van der Waals surface area contributed by atoms with Gasteiger partial charge in [-0.2, -0.15) is 17.5 Å². The monoisotopic (exact) mass is 578 g/mol. The first-order chi connectivity index (χ1) is 18.7. The third kappa shape index (κ3) is 4.92. The Balaban J connectivity index is 0.000000470. The Kier molecular flexibility index (Phi) is 7.00. The second-order valence-corrected chi connectivity index (χ2v) is 9.94. The van der Waals surface area contributed by atoms with Crippen molar-refractivity contribution < 1.29 is 51.3 Å². The minimum absolute atomic E-state index is 0.0432. The average Bonchev–Trinajstić information content (AvgIpc) is 3.39. The maximum atomic E-state index is 13.5. The summed E-state index contributed by atoms with van der Waals surface area (Å²) in [4.78, 5) is 39.8. The van der Waals surface area contributed by atoms with E-state index in [1.165, 1.54) is 54.6 Å². The molecule has 0 bridgehead atoms. The first-order valence-corrected chi connectivity index (χ1v) is 12.4. The summed E-state index contributed by atoms with van der Waals surface area (Å²) < 4.78 is 59.3. The number of amides is 2. The predicted octanol–water partition coefficient (Wildman–Crippen LogP) is 3.32. The molecule has 0 fully saturated rings. The lowest BCUT2D eigenvalue weighted by Gasteiger charge is -2.33. The molecular weight excluding hydrogens is 561 g/mol. The summed E-state index contributed by atoms with van der Waals surface area (Å²) in [5, 5.41) is 30.1. The van der Waals surface area contributed by atoms with Gasteiger partial charge in [-0.05, 0) is 30.3 Å². The molecule has 5 rings (SSSR count). The van der Waals surface area contributed by atoms with Crippen LogP contribution in [0.3, 0.4) is 0 Å². The molecule has 1 aliphatic heterocycles. The molecular formula is C24H17F3N4O8S. The number of H-pyrrole nitrogens is 1. The van der Waals surface area contributed by atoms with Crippen LogP contribution in [-0.2, 0) is 20.5 Å². The topological polar surface area (TPSA) is 190 Å². The average molecular weight is 578 g/mol. The number of fused-ring (bicyclic) bond motifs is 2. The predicted molar refractivity (Wildman–Crippen MR) is 131 cm³/mol. The number of alkyl halides is 3. The van der Waals surface area contributed by atoms with E-state index < -0.39 is 39.9 Å². The van der Waals surface area contributed by atoms with Crippen LogP contribution in [0.4, 0.5) is 23.9 Å². The molecule has 1 atom stereocenters. The Bertz CT molecular complexity index is 1740. The molecule has 208 valence electrons. The van der Waals surface area contributed by atoms with Gasteiger partial charge in [0.15, 0.2) is 0 Å². The molecule has 0 aliphatic carbocycles. The summed E-state index contributed by atoms with van der Waals surface area (Å²) in [6.07, 6.45) is -6.40. The van der Waals surface area contributed by atoms with Gasteiger partial charge in [0.25, 0.3) is 15.9 Å². The van der Waals surface area contributed by atoms with Gasteiger partial charge in [0.05, 0.1) is 15.9 Å². The summed E-state index contributed by atoms with van der Waals surface area (Å²) >= 11 is 0. The highest BCUT2D eigenvalue weighted by molar-refractivity contribution is 7.89.